The lowest BCUT2D eigenvalue weighted by Gasteiger charge is -2.40. The minimum Gasteiger partial charge on any atom is -0.471 e. The Bertz CT molecular complexity index is 479. The summed E-state index contributed by atoms with van der Waals surface area (Å²) in [5.41, 5.74) is 5.83. The van der Waals surface area contributed by atoms with Gasteiger partial charge >= 0.3 is 0 Å². The van der Waals surface area contributed by atoms with Crippen molar-refractivity contribution < 1.29 is 4.74 Å². The Morgan fingerprint density at radius 2 is 2.00 bits per heavy atom. The Labute approximate surface area is 94.8 Å². The number of ether oxygens (including phenoxy) is 1. The number of hydrogen-bond acceptors (Lipinski definition) is 3. The molecule has 1 saturated carbocycles. The fourth-order valence-corrected chi connectivity index (χ4v) is 3.02. The van der Waals surface area contributed by atoms with Crippen LogP contribution in [-0.4, -0.2) is 5.72 Å². The number of nitrogens with two attached hydrogens (primary N) is 1. The number of benzene rings is 1. The van der Waals surface area contributed by atoms with E-state index in [9.17, 15) is 5.26 Å². The average Bonchev–Trinajstić information content (AvgIpc) is 2.57. The molecule has 2 unspecified atom stereocenters. The van der Waals surface area contributed by atoms with Crippen molar-refractivity contribution in [1.29, 1.82) is 5.26 Å². The minimum absolute atomic E-state index is 0.637. The molecule has 16 heavy (non-hydrogen) atoms. The molecule has 0 spiro atoms. The van der Waals surface area contributed by atoms with E-state index in [2.05, 4.69) is 6.07 Å². The number of nitriles is 1. The molecule has 2 atom stereocenters. The lowest BCUT2D eigenvalue weighted by molar-refractivity contribution is 0.0126. The van der Waals surface area contributed by atoms with Gasteiger partial charge in [-0.3, -0.25) is 5.73 Å². The van der Waals surface area contributed by atoms with Gasteiger partial charge in [0, 0.05) is 12.0 Å². The molecule has 0 amide bonds. The highest BCUT2D eigenvalue weighted by Crippen LogP contribution is 2.53. The number of rotatable bonds is 0. The molecule has 82 valence electrons. The summed E-state index contributed by atoms with van der Waals surface area (Å²) in [4.78, 5) is 0. The number of nitrogens with zero attached hydrogens (tertiary/aromatic N) is 1. The van der Waals surface area contributed by atoms with Crippen molar-refractivity contribution in [2.45, 2.75) is 36.8 Å². The van der Waals surface area contributed by atoms with E-state index in [-0.39, 0.29) is 0 Å². The highest BCUT2D eigenvalue weighted by molar-refractivity contribution is 5.51. The van der Waals surface area contributed by atoms with Gasteiger partial charge in [0.2, 0.25) is 0 Å². The van der Waals surface area contributed by atoms with Gasteiger partial charge in [-0.25, -0.2) is 0 Å². The van der Waals surface area contributed by atoms with Crippen LogP contribution in [0.1, 0.15) is 31.2 Å². The van der Waals surface area contributed by atoms with Gasteiger partial charge in [-0.1, -0.05) is 24.6 Å². The molecule has 3 nitrogen and oxygen atoms in total. The van der Waals surface area contributed by atoms with Crippen LogP contribution in [0.3, 0.4) is 0 Å². The summed E-state index contributed by atoms with van der Waals surface area (Å²) in [6.45, 7) is 0. The normalized spacial score (nSPS) is 35.8. The standard InChI is InChI=1S/C13H14N2O/c14-9-12-7-3-4-8-13(12,15)16-11-6-2-1-5-10(11)12/h1-2,5-6H,3-4,7-8,15H2. The smallest absolute Gasteiger partial charge is 0.181 e. The van der Waals surface area contributed by atoms with Gasteiger partial charge in [0.05, 0.1) is 6.07 Å². The molecule has 0 radical (unpaired) electrons. The zero-order valence-electron chi connectivity index (χ0n) is 9.07. The SMILES string of the molecule is N#CC12CCCCC1(N)Oc1ccccc12. The molecule has 0 aromatic heterocycles. The van der Waals surface area contributed by atoms with Crippen molar-refractivity contribution in [2.75, 3.05) is 0 Å². The molecule has 1 aliphatic carbocycles. The van der Waals surface area contributed by atoms with Crippen LogP contribution in [0.2, 0.25) is 0 Å². The Morgan fingerprint density at radius 3 is 2.81 bits per heavy atom. The van der Waals surface area contributed by atoms with Crippen LogP contribution < -0.4 is 10.5 Å². The third kappa shape index (κ3) is 0.954. The van der Waals surface area contributed by atoms with E-state index in [0.29, 0.717) is 0 Å². The molecule has 2 aliphatic rings. The van der Waals surface area contributed by atoms with Crippen molar-refractivity contribution in [3.63, 3.8) is 0 Å². The monoisotopic (exact) mass is 214 g/mol. The topological polar surface area (TPSA) is 59.0 Å². The van der Waals surface area contributed by atoms with E-state index in [1.165, 1.54) is 0 Å². The van der Waals surface area contributed by atoms with Crippen molar-refractivity contribution in [1.82, 2.24) is 0 Å². The third-order valence-electron chi connectivity index (χ3n) is 3.90. The van der Waals surface area contributed by atoms with Gasteiger partial charge in [-0.15, -0.1) is 0 Å². The molecular weight excluding hydrogens is 200 g/mol. The van der Waals surface area contributed by atoms with E-state index < -0.39 is 11.1 Å². The number of fused-ring (bicyclic) bond motifs is 3. The quantitative estimate of drug-likeness (QED) is 0.719. The van der Waals surface area contributed by atoms with Crippen LogP contribution >= 0.6 is 0 Å². The molecule has 0 bridgehead atoms. The molecule has 1 aliphatic heterocycles. The van der Waals surface area contributed by atoms with Crippen LogP contribution in [0.4, 0.5) is 0 Å². The Morgan fingerprint density at radius 1 is 1.25 bits per heavy atom. The maximum absolute atomic E-state index is 9.55. The van der Waals surface area contributed by atoms with E-state index in [1.54, 1.807) is 0 Å². The molecule has 3 rings (SSSR count). The van der Waals surface area contributed by atoms with Gasteiger partial charge < -0.3 is 4.74 Å². The van der Waals surface area contributed by atoms with Crippen LogP contribution in [0, 0.1) is 11.3 Å². The van der Waals surface area contributed by atoms with Crippen LogP contribution in [-0.2, 0) is 5.41 Å². The average molecular weight is 214 g/mol. The van der Waals surface area contributed by atoms with Crippen molar-refractivity contribution in [2.24, 2.45) is 5.73 Å². The van der Waals surface area contributed by atoms with Crippen LogP contribution in [0.25, 0.3) is 0 Å². The predicted molar refractivity (Wildman–Crippen MR) is 59.7 cm³/mol. The van der Waals surface area contributed by atoms with Gasteiger partial charge in [0.1, 0.15) is 11.2 Å². The fraction of sp³-hybridized carbons (Fsp3) is 0.462. The Balaban J connectivity index is 2.23. The lowest BCUT2D eigenvalue weighted by Crippen LogP contribution is -2.59. The summed E-state index contributed by atoms with van der Waals surface area (Å²) in [5.74, 6) is 0.786. The number of hydrogen-bond donors (Lipinski definition) is 1. The van der Waals surface area contributed by atoms with Gasteiger partial charge in [0.15, 0.2) is 5.72 Å². The Hall–Kier alpha value is -1.53. The first-order chi connectivity index (χ1) is 7.72. The molecular formula is C13H14N2O. The highest BCUT2D eigenvalue weighted by Gasteiger charge is 2.59. The second kappa shape index (κ2) is 2.99. The van der Waals surface area contributed by atoms with Crippen LogP contribution in [0.15, 0.2) is 24.3 Å². The van der Waals surface area contributed by atoms with E-state index in [1.807, 2.05) is 24.3 Å². The summed E-state index contributed by atoms with van der Waals surface area (Å²) in [6, 6.07) is 10.2. The lowest BCUT2D eigenvalue weighted by atomic mass is 9.66. The highest BCUT2D eigenvalue weighted by atomic mass is 16.5. The first-order valence-corrected chi connectivity index (χ1v) is 5.70. The maximum Gasteiger partial charge on any atom is 0.181 e. The molecule has 2 N–H and O–H groups in total. The van der Waals surface area contributed by atoms with E-state index in [0.717, 1.165) is 37.0 Å². The first-order valence-electron chi connectivity index (χ1n) is 5.70. The zero-order valence-corrected chi connectivity index (χ0v) is 9.07. The molecule has 1 heterocycles. The summed E-state index contributed by atoms with van der Waals surface area (Å²) < 4.78 is 5.85. The summed E-state index contributed by atoms with van der Waals surface area (Å²) >= 11 is 0. The van der Waals surface area contributed by atoms with Crippen LogP contribution in [0.5, 0.6) is 5.75 Å². The largest absolute Gasteiger partial charge is 0.471 e. The molecule has 0 saturated heterocycles. The minimum atomic E-state index is -0.816. The fourth-order valence-electron chi connectivity index (χ4n) is 3.02. The number of para-hydroxylation sites is 1. The second-order valence-corrected chi connectivity index (χ2v) is 4.71. The van der Waals surface area contributed by atoms with E-state index >= 15 is 0 Å². The molecule has 1 aromatic rings. The predicted octanol–water partition coefficient (Wildman–Crippen LogP) is 2.07. The summed E-state index contributed by atoms with van der Waals surface area (Å²) in [7, 11) is 0. The van der Waals surface area contributed by atoms with Gasteiger partial charge in [0.25, 0.3) is 0 Å². The van der Waals surface area contributed by atoms with Gasteiger partial charge in [-0.2, -0.15) is 5.26 Å². The molecule has 1 aromatic carbocycles. The first kappa shape index (κ1) is 9.68. The third-order valence-corrected chi connectivity index (χ3v) is 3.90. The van der Waals surface area contributed by atoms with Gasteiger partial charge in [-0.05, 0) is 18.9 Å². The van der Waals surface area contributed by atoms with E-state index in [4.69, 9.17) is 10.5 Å². The second-order valence-electron chi connectivity index (χ2n) is 4.71. The molecule has 1 fully saturated rings. The Kier molecular flexibility index (Phi) is 1.81. The van der Waals surface area contributed by atoms with Crippen molar-refractivity contribution in [3.05, 3.63) is 29.8 Å². The van der Waals surface area contributed by atoms with Crippen molar-refractivity contribution in [3.8, 4) is 11.8 Å². The molecule has 3 heteroatoms. The maximum atomic E-state index is 9.55. The summed E-state index contributed by atoms with van der Waals surface area (Å²) in [5, 5.41) is 9.55. The van der Waals surface area contributed by atoms with Crippen molar-refractivity contribution >= 4 is 0 Å². The zero-order chi connectivity index (χ0) is 11.2. The summed E-state index contributed by atoms with van der Waals surface area (Å²) in [6.07, 6.45) is 3.64.